The van der Waals surface area contributed by atoms with Gasteiger partial charge in [0.25, 0.3) is 0 Å². The quantitative estimate of drug-likeness (QED) is 0.826. The summed E-state index contributed by atoms with van der Waals surface area (Å²) in [5, 5.41) is 2.07. The van der Waals surface area contributed by atoms with Crippen molar-refractivity contribution >= 4 is 22.7 Å². The fourth-order valence-corrected chi connectivity index (χ4v) is 3.19. The van der Waals surface area contributed by atoms with Crippen LogP contribution in [0.1, 0.15) is 52.0 Å². The highest BCUT2D eigenvalue weighted by atomic mass is 32.2. The Morgan fingerprint density at radius 1 is 1.41 bits per heavy atom. The molecule has 2 nitrogen and oxygen atoms in total. The van der Waals surface area contributed by atoms with E-state index in [2.05, 4.69) is 36.1 Å². The van der Waals surface area contributed by atoms with Gasteiger partial charge in [-0.15, -0.1) is 16.1 Å². The molecule has 1 heterocycles. The molecule has 0 bridgehead atoms. The normalized spacial score (nSPS) is 16.2. The van der Waals surface area contributed by atoms with Crippen LogP contribution in [0.3, 0.4) is 0 Å². The maximum absolute atomic E-state index is 12.2. The van der Waals surface area contributed by atoms with Crippen molar-refractivity contribution in [1.29, 1.82) is 0 Å². The molecule has 0 aliphatic rings. The molecule has 0 amide bonds. The van der Waals surface area contributed by atoms with Crippen LogP contribution in [0.2, 0.25) is 0 Å². The lowest BCUT2D eigenvalue weighted by molar-refractivity contribution is 0.466. The highest BCUT2D eigenvalue weighted by Gasteiger charge is 2.30. The summed E-state index contributed by atoms with van der Waals surface area (Å²) in [4.78, 5) is 1.27. The van der Waals surface area contributed by atoms with Crippen LogP contribution in [0.25, 0.3) is 0 Å². The summed E-state index contributed by atoms with van der Waals surface area (Å²) in [5.74, 6) is 0.589. The van der Waals surface area contributed by atoms with Crippen molar-refractivity contribution in [2.45, 2.75) is 51.8 Å². The maximum Gasteiger partial charge on any atom is 0.136 e. The zero-order chi connectivity index (χ0) is 13.1. The molecule has 2 atom stereocenters. The average Bonchev–Trinajstić information content (AvgIpc) is 2.66. The molecule has 1 aromatic heterocycles. The Morgan fingerprint density at radius 3 is 2.47 bits per heavy atom. The smallest absolute Gasteiger partial charge is 0.136 e. The molecule has 0 aliphatic heterocycles. The van der Waals surface area contributed by atoms with Gasteiger partial charge in [0, 0.05) is 16.2 Å². The minimum Gasteiger partial charge on any atom is -0.598 e. The predicted octanol–water partition coefficient (Wildman–Crippen LogP) is 3.89. The monoisotopic (exact) mass is 273 g/mol. The molecule has 0 saturated heterocycles. The molecule has 98 valence electrons. The van der Waals surface area contributed by atoms with Gasteiger partial charge in [-0.2, -0.15) is 0 Å². The number of thiophene rings is 1. The summed E-state index contributed by atoms with van der Waals surface area (Å²) in [6, 6.07) is 4.37. The lowest BCUT2D eigenvalue weighted by atomic mass is 10.0. The van der Waals surface area contributed by atoms with Crippen LogP contribution in [0, 0.1) is 5.92 Å². The third kappa shape index (κ3) is 5.00. The molecule has 4 heteroatoms. The van der Waals surface area contributed by atoms with E-state index in [0.29, 0.717) is 5.92 Å². The van der Waals surface area contributed by atoms with Crippen molar-refractivity contribution in [3.05, 3.63) is 22.4 Å². The second-order valence-corrected chi connectivity index (χ2v) is 8.67. The zero-order valence-electron chi connectivity index (χ0n) is 11.3. The van der Waals surface area contributed by atoms with Crippen LogP contribution in [0.15, 0.2) is 17.5 Å². The summed E-state index contributed by atoms with van der Waals surface area (Å²) in [7, 11) is 0. The topological polar surface area (TPSA) is 35.1 Å². The third-order valence-corrected chi connectivity index (χ3v) is 5.00. The van der Waals surface area contributed by atoms with E-state index in [1.165, 1.54) is 4.88 Å². The molecule has 1 N–H and O–H groups in total. The molecule has 0 radical (unpaired) electrons. The van der Waals surface area contributed by atoms with E-state index in [4.69, 9.17) is 0 Å². The molecule has 0 aliphatic carbocycles. The van der Waals surface area contributed by atoms with Gasteiger partial charge >= 0.3 is 0 Å². The highest BCUT2D eigenvalue weighted by molar-refractivity contribution is 7.90. The molecule has 1 aromatic rings. The van der Waals surface area contributed by atoms with E-state index in [1.54, 1.807) is 11.3 Å². The molecule has 0 spiro atoms. The minimum atomic E-state index is -1.01. The lowest BCUT2D eigenvalue weighted by Crippen LogP contribution is -2.41. The standard InChI is InChI=1S/C13H23NOS2/c1-10(2)9-11(12-7-6-8-16-12)14-17(15)13(3,4)5/h6-8,10-11,14H,9H2,1-5H3/t11-,17?/m0/s1. The van der Waals surface area contributed by atoms with Gasteiger partial charge < -0.3 is 4.55 Å². The van der Waals surface area contributed by atoms with Gasteiger partial charge in [-0.25, -0.2) is 0 Å². The number of nitrogens with one attached hydrogen (secondary N) is 1. The molecule has 0 aromatic carbocycles. The first kappa shape index (κ1) is 15.0. The van der Waals surface area contributed by atoms with Gasteiger partial charge in [0.2, 0.25) is 0 Å². The average molecular weight is 273 g/mol. The van der Waals surface area contributed by atoms with Crippen LogP contribution < -0.4 is 4.72 Å². The van der Waals surface area contributed by atoms with E-state index in [9.17, 15) is 4.55 Å². The van der Waals surface area contributed by atoms with Gasteiger partial charge in [0.1, 0.15) is 4.75 Å². The molecule has 0 saturated carbocycles. The van der Waals surface area contributed by atoms with Gasteiger partial charge in [-0.3, -0.25) is 0 Å². The first-order valence-corrected chi connectivity index (χ1v) is 8.05. The van der Waals surface area contributed by atoms with E-state index in [-0.39, 0.29) is 10.8 Å². The van der Waals surface area contributed by atoms with Crippen molar-refractivity contribution in [3.63, 3.8) is 0 Å². The van der Waals surface area contributed by atoms with Crippen LogP contribution in [0.4, 0.5) is 0 Å². The van der Waals surface area contributed by atoms with E-state index in [0.717, 1.165) is 6.42 Å². The summed E-state index contributed by atoms with van der Waals surface area (Å²) >= 11 is 0.717. The van der Waals surface area contributed by atoms with Crippen molar-refractivity contribution < 1.29 is 4.55 Å². The maximum atomic E-state index is 12.2. The molecular formula is C13H23NOS2. The van der Waals surface area contributed by atoms with Crippen LogP contribution in [-0.4, -0.2) is 9.30 Å². The number of rotatable bonds is 5. The van der Waals surface area contributed by atoms with Crippen molar-refractivity contribution in [2.24, 2.45) is 5.92 Å². The van der Waals surface area contributed by atoms with Gasteiger partial charge in [-0.1, -0.05) is 19.9 Å². The molecule has 1 unspecified atom stereocenters. The van der Waals surface area contributed by atoms with E-state index >= 15 is 0 Å². The minimum absolute atomic E-state index is 0.204. The third-order valence-electron chi connectivity index (χ3n) is 2.40. The Morgan fingerprint density at radius 2 is 2.06 bits per heavy atom. The van der Waals surface area contributed by atoms with Gasteiger partial charge in [0.15, 0.2) is 0 Å². The van der Waals surface area contributed by atoms with E-state index < -0.39 is 11.4 Å². The summed E-state index contributed by atoms with van der Waals surface area (Å²) < 4.78 is 15.2. The Bertz CT molecular complexity index is 317. The van der Waals surface area contributed by atoms with Gasteiger partial charge in [0.05, 0.1) is 6.04 Å². The Balaban J connectivity index is 2.72. The summed E-state index contributed by atoms with van der Waals surface area (Å²) in [6.07, 6.45) is 1.02. The lowest BCUT2D eigenvalue weighted by Gasteiger charge is -2.28. The molecule has 0 fully saturated rings. The van der Waals surface area contributed by atoms with Crippen LogP contribution in [-0.2, 0) is 11.4 Å². The van der Waals surface area contributed by atoms with Crippen molar-refractivity contribution in [3.8, 4) is 0 Å². The predicted molar refractivity (Wildman–Crippen MR) is 77.5 cm³/mol. The van der Waals surface area contributed by atoms with E-state index in [1.807, 2.05) is 20.8 Å². The largest absolute Gasteiger partial charge is 0.598 e. The first-order chi connectivity index (χ1) is 7.80. The Hall–Kier alpha value is -0.0300. The first-order valence-electron chi connectivity index (χ1n) is 6.02. The second kappa shape index (κ2) is 6.23. The zero-order valence-corrected chi connectivity index (χ0v) is 13.0. The number of hydrogen-bond donors (Lipinski definition) is 1. The molecule has 1 rings (SSSR count). The Kier molecular flexibility index (Phi) is 5.51. The summed E-state index contributed by atoms with van der Waals surface area (Å²) in [5.41, 5.74) is 0. The highest BCUT2D eigenvalue weighted by Crippen LogP contribution is 2.28. The van der Waals surface area contributed by atoms with Crippen molar-refractivity contribution in [2.75, 3.05) is 0 Å². The number of hydrogen-bond acceptors (Lipinski definition) is 3. The molecular weight excluding hydrogens is 250 g/mol. The Labute approximate surface area is 112 Å². The SMILES string of the molecule is CC(C)C[C@H](N[S+]([O-])C(C)(C)C)c1cccs1. The summed E-state index contributed by atoms with van der Waals surface area (Å²) in [6.45, 7) is 10.4. The molecule has 17 heavy (non-hydrogen) atoms. The van der Waals surface area contributed by atoms with Crippen molar-refractivity contribution in [1.82, 2.24) is 4.72 Å². The second-order valence-electron chi connectivity index (χ2n) is 5.70. The fourth-order valence-electron chi connectivity index (χ4n) is 1.49. The van der Waals surface area contributed by atoms with Gasteiger partial charge in [-0.05, 0) is 44.6 Å². The van der Waals surface area contributed by atoms with Crippen LogP contribution in [0.5, 0.6) is 0 Å². The fraction of sp³-hybridized carbons (Fsp3) is 0.692. The van der Waals surface area contributed by atoms with Crippen LogP contribution >= 0.6 is 11.3 Å².